The number of hydrogen-bond donors (Lipinski definition) is 2. The van der Waals surface area contributed by atoms with Gasteiger partial charge in [0.05, 0.1) is 22.9 Å². The van der Waals surface area contributed by atoms with Gasteiger partial charge in [-0.1, -0.05) is 32.8 Å². The van der Waals surface area contributed by atoms with Crippen LogP contribution in [0.25, 0.3) is 22.2 Å². The second kappa shape index (κ2) is 10.0. The lowest BCUT2D eigenvalue weighted by atomic mass is 9.41. The van der Waals surface area contributed by atoms with Crippen LogP contribution < -0.4 is 10.1 Å². The number of aromatic nitrogens is 3. The summed E-state index contributed by atoms with van der Waals surface area (Å²) in [6, 6.07) is 20.1. The van der Waals surface area contributed by atoms with Gasteiger partial charge in [-0.3, -0.25) is 19.7 Å². The molecule has 2 saturated carbocycles. The van der Waals surface area contributed by atoms with E-state index in [2.05, 4.69) is 34.3 Å². The van der Waals surface area contributed by atoms with Crippen LogP contribution in [-0.4, -0.2) is 50.6 Å². The lowest BCUT2D eigenvalue weighted by molar-refractivity contribution is -0.296. The number of H-pyrrole nitrogens is 1. The van der Waals surface area contributed by atoms with Crippen molar-refractivity contribution in [2.75, 3.05) is 0 Å². The van der Waals surface area contributed by atoms with Crippen molar-refractivity contribution in [1.29, 1.82) is 0 Å². The summed E-state index contributed by atoms with van der Waals surface area (Å²) in [5.74, 6) is 1.00. The molecule has 7 rings (SSSR count). The Kier molecular flexibility index (Phi) is 6.29. The summed E-state index contributed by atoms with van der Waals surface area (Å²) in [4.78, 5) is 31.4. The van der Waals surface area contributed by atoms with Gasteiger partial charge >= 0.3 is 0 Å². The minimum absolute atomic E-state index is 0.123. The topological polar surface area (TPSA) is 100 Å². The van der Waals surface area contributed by atoms with E-state index in [0.717, 1.165) is 72.1 Å². The van der Waals surface area contributed by atoms with Gasteiger partial charge in [-0.25, -0.2) is 0 Å². The number of ether oxygens (including phenoxy) is 1. The Morgan fingerprint density at radius 3 is 2.63 bits per heavy atom. The van der Waals surface area contributed by atoms with Gasteiger partial charge < -0.3 is 15.0 Å². The molecule has 2 aliphatic carbocycles. The molecule has 3 heterocycles. The summed E-state index contributed by atoms with van der Waals surface area (Å²) < 4.78 is 6.39. The zero-order valence-electron chi connectivity index (χ0n) is 23.4. The van der Waals surface area contributed by atoms with Gasteiger partial charge in [0.15, 0.2) is 0 Å². The van der Waals surface area contributed by atoms with E-state index in [-0.39, 0.29) is 29.4 Å². The van der Waals surface area contributed by atoms with E-state index in [1.54, 1.807) is 6.20 Å². The van der Waals surface area contributed by atoms with Crippen LogP contribution in [0.5, 0.6) is 5.75 Å². The number of carbonyl (C=O) groups is 2. The molecule has 0 radical (unpaired) electrons. The van der Waals surface area contributed by atoms with Crippen molar-refractivity contribution in [2.24, 2.45) is 11.3 Å². The molecular formula is C33H35N5O3. The highest BCUT2D eigenvalue weighted by Gasteiger charge is 2.76. The molecule has 210 valence electrons. The van der Waals surface area contributed by atoms with Crippen molar-refractivity contribution < 1.29 is 14.3 Å². The minimum Gasteiger partial charge on any atom is -0.490 e. The molecule has 8 heteroatoms. The highest BCUT2D eigenvalue weighted by atomic mass is 16.5. The number of rotatable bonds is 10. The third-order valence-corrected chi connectivity index (χ3v) is 10.0. The molecule has 1 saturated heterocycles. The van der Waals surface area contributed by atoms with Gasteiger partial charge in [-0.15, -0.1) is 0 Å². The summed E-state index contributed by atoms with van der Waals surface area (Å²) in [5.41, 5.74) is 4.27. The molecule has 2 amide bonds. The summed E-state index contributed by atoms with van der Waals surface area (Å²) >= 11 is 0. The van der Waals surface area contributed by atoms with Crippen LogP contribution in [-0.2, 0) is 4.79 Å². The fraction of sp³-hybridized carbons (Fsp3) is 0.394. The quantitative estimate of drug-likeness (QED) is 0.248. The number of benzene rings is 2. The summed E-state index contributed by atoms with van der Waals surface area (Å²) in [6.07, 6.45) is 7.99. The van der Waals surface area contributed by atoms with Crippen molar-refractivity contribution in [3.8, 4) is 17.0 Å². The van der Waals surface area contributed by atoms with Gasteiger partial charge in [0.25, 0.3) is 5.91 Å². The van der Waals surface area contributed by atoms with E-state index >= 15 is 0 Å². The van der Waals surface area contributed by atoms with E-state index in [1.165, 1.54) is 0 Å². The zero-order chi connectivity index (χ0) is 28.1. The number of carbonyl (C=O) groups excluding carboxylic acids is 2. The first kappa shape index (κ1) is 25.7. The normalized spacial score (nSPS) is 24.9. The number of aromatic amines is 1. The number of nitrogens with one attached hydrogen (secondary N) is 2. The molecule has 8 nitrogen and oxygen atoms in total. The molecule has 4 aromatic rings. The molecule has 41 heavy (non-hydrogen) atoms. The van der Waals surface area contributed by atoms with Crippen LogP contribution in [0.3, 0.4) is 0 Å². The standard InChI is InChI=1S/C33H35N5O3/c1-3-20(4-2)31(26-7-5-6-16-34-26)35-32(40)22-10-13-25-24(17-22)30(37-36-25)21-8-11-23(12-9-21)41-29-18-28-33(29)15-14-27(33)38(28)19-39/h5-13,16-17,19-20,27-29,31H,3-4,14-15,18H2,1-2H3,(H,35,40)(H,36,37). The second-order valence-electron chi connectivity index (χ2n) is 11.7. The van der Waals surface area contributed by atoms with Gasteiger partial charge in [0, 0.05) is 46.6 Å². The summed E-state index contributed by atoms with van der Waals surface area (Å²) in [7, 11) is 0. The Balaban J connectivity index is 1.09. The lowest BCUT2D eigenvalue weighted by Gasteiger charge is -2.77. The maximum atomic E-state index is 13.5. The Morgan fingerprint density at radius 2 is 1.98 bits per heavy atom. The molecule has 1 aliphatic heterocycles. The summed E-state index contributed by atoms with van der Waals surface area (Å²) in [6.45, 7) is 4.30. The molecular weight excluding hydrogens is 514 g/mol. The molecule has 5 atom stereocenters. The van der Waals surface area contributed by atoms with E-state index in [9.17, 15) is 9.59 Å². The maximum absolute atomic E-state index is 13.5. The zero-order valence-corrected chi connectivity index (χ0v) is 23.4. The first-order valence-corrected chi connectivity index (χ1v) is 14.8. The molecule has 3 fully saturated rings. The van der Waals surface area contributed by atoms with Crippen molar-refractivity contribution in [2.45, 2.75) is 70.2 Å². The number of pyridine rings is 1. The molecule has 2 N–H and O–H groups in total. The lowest BCUT2D eigenvalue weighted by Crippen LogP contribution is -2.87. The largest absolute Gasteiger partial charge is 0.490 e. The molecule has 2 aromatic carbocycles. The highest BCUT2D eigenvalue weighted by molar-refractivity contribution is 6.01. The van der Waals surface area contributed by atoms with Crippen LogP contribution >= 0.6 is 0 Å². The molecule has 5 unspecified atom stereocenters. The fourth-order valence-electron chi connectivity index (χ4n) is 7.54. The molecule has 1 spiro atoms. The highest BCUT2D eigenvalue weighted by Crippen LogP contribution is 2.68. The third-order valence-electron chi connectivity index (χ3n) is 10.0. The number of nitrogens with zero attached hydrogens (tertiary/aromatic N) is 3. The monoisotopic (exact) mass is 549 g/mol. The smallest absolute Gasteiger partial charge is 0.251 e. The average Bonchev–Trinajstić information content (AvgIpc) is 3.41. The van der Waals surface area contributed by atoms with E-state index < -0.39 is 0 Å². The number of piperidine rings is 2. The number of likely N-dealkylation sites (tertiary alicyclic amines) is 1. The molecule has 0 bridgehead atoms. The van der Waals surface area contributed by atoms with Gasteiger partial charge in [0.1, 0.15) is 11.9 Å². The Bertz CT molecular complexity index is 1570. The van der Waals surface area contributed by atoms with Crippen molar-refractivity contribution in [3.05, 3.63) is 78.1 Å². The van der Waals surface area contributed by atoms with E-state index in [1.807, 2.05) is 65.6 Å². The number of amides is 2. The predicted octanol–water partition coefficient (Wildman–Crippen LogP) is 5.67. The van der Waals surface area contributed by atoms with Gasteiger partial charge in [-0.2, -0.15) is 5.10 Å². The maximum Gasteiger partial charge on any atom is 0.251 e. The third kappa shape index (κ3) is 3.95. The van der Waals surface area contributed by atoms with Crippen LogP contribution in [0.15, 0.2) is 66.9 Å². The first-order valence-electron chi connectivity index (χ1n) is 14.8. The van der Waals surface area contributed by atoms with Crippen LogP contribution in [0, 0.1) is 11.3 Å². The number of fused-ring (bicyclic) bond motifs is 1. The van der Waals surface area contributed by atoms with Crippen LogP contribution in [0.4, 0.5) is 0 Å². The Morgan fingerprint density at radius 1 is 1.15 bits per heavy atom. The Hall–Kier alpha value is -4.20. The molecule has 2 aromatic heterocycles. The SMILES string of the molecule is CCC(CC)C(NC(=O)c1ccc2[nH]nc(-c3ccc(OC4CC5N(C=O)C6CCC465)cc3)c2c1)c1ccccn1. The average molecular weight is 550 g/mol. The van der Waals surface area contributed by atoms with E-state index in [0.29, 0.717) is 17.6 Å². The van der Waals surface area contributed by atoms with Crippen LogP contribution in [0.1, 0.15) is 68.0 Å². The van der Waals surface area contributed by atoms with Crippen molar-refractivity contribution >= 4 is 23.2 Å². The minimum atomic E-state index is -0.159. The second-order valence-corrected chi connectivity index (χ2v) is 11.7. The van der Waals surface area contributed by atoms with E-state index in [4.69, 9.17) is 4.74 Å². The molecule has 3 aliphatic rings. The fourth-order valence-corrected chi connectivity index (χ4v) is 7.54. The van der Waals surface area contributed by atoms with Gasteiger partial charge in [0.2, 0.25) is 6.41 Å². The van der Waals surface area contributed by atoms with Crippen LogP contribution in [0.2, 0.25) is 0 Å². The van der Waals surface area contributed by atoms with Gasteiger partial charge in [-0.05, 0) is 73.4 Å². The van der Waals surface area contributed by atoms with Crippen molar-refractivity contribution in [1.82, 2.24) is 25.4 Å². The number of hydrogen-bond acceptors (Lipinski definition) is 5. The summed E-state index contributed by atoms with van der Waals surface area (Å²) in [5, 5.41) is 11.8. The predicted molar refractivity (Wildman–Crippen MR) is 156 cm³/mol. The first-order chi connectivity index (χ1) is 20.1. The van der Waals surface area contributed by atoms with Crippen molar-refractivity contribution in [3.63, 3.8) is 0 Å². The Labute approximate surface area is 239 Å².